The van der Waals surface area contributed by atoms with Gasteiger partial charge in [-0.05, 0) is 43.9 Å². The molecule has 8 nitrogen and oxygen atoms in total. The molecule has 0 aliphatic rings. The van der Waals surface area contributed by atoms with E-state index in [1.165, 1.54) is 10.1 Å². The van der Waals surface area contributed by atoms with Crippen LogP contribution in [0.1, 0.15) is 41.3 Å². The minimum atomic E-state index is -0.241. The van der Waals surface area contributed by atoms with Gasteiger partial charge in [0, 0.05) is 24.2 Å². The number of H-pyrrole nitrogens is 1. The summed E-state index contributed by atoms with van der Waals surface area (Å²) >= 11 is 0. The van der Waals surface area contributed by atoms with E-state index in [9.17, 15) is 9.59 Å². The molecule has 33 heavy (non-hydrogen) atoms. The van der Waals surface area contributed by atoms with Gasteiger partial charge in [0.1, 0.15) is 0 Å². The molecular weight excluding hydrogens is 416 g/mol. The van der Waals surface area contributed by atoms with Gasteiger partial charge in [0.15, 0.2) is 0 Å². The predicted molar refractivity (Wildman–Crippen MR) is 130 cm³/mol. The molecule has 2 aromatic heterocycles. The Kier molecular flexibility index (Phi) is 6.53. The van der Waals surface area contributed by atoms with Crippen molar-refractivity contribution in [2.45, 2.75) is 46.6 Å². The smallest absolute Gasteiger partial charge is 0.277 e. The van der Waals surface area contributed by atoms with Crippen LogP contribution in [-0.2, 0) is 24.2 Å². The van der Waals surface area contributed by atoms with Crippen LogP contribution in [0.4, 0.5) is 11.6 Å². The molecule has 0 aliphatic carbocycles. The van der Waals surface area contributed by atoms with E-state index in [1.807, 2.05) is 62.4 Å². The van der Waals surface area contributed by atoms with Crippen molar-refractivity contribution in [3.63, 3.8) is 0 Å². The summed E-state index contributed by atoms with van der Waals surface area (Å²) in [5.74, 6) is 0.629. The molecule has 0 atom stereocenters. The van der Waals surface area contributed by atoms with Crippen LogP contribution < -0.4 is 16.2 Å². The van der Waals surface area contributed by atoms with Crippen molar-refractivity contribution >= 4 is 23.3 Å². The van der Waals surface area contributed by atoms with Crippen molar-refractivity contribution in [2.24, 2.45) is 0 Å². The third-order valence-corrected chi connectivity index (χ3v) is 5.65. The number of hydrogen-bond acceptors (Lipinski definition) is 5. The number of rotatable bonds is 8. The van der Waals surface area contributed by atoms with Crippen LogP contribution in [0.5, 0.6) is 0 Å². The highest BCUT2D eigenvalue weighted by Crippen LogP contribution is 2.16. The van der Waals surface area contributed by atoms with E-state index in [1.54, 1.807) is 6.92 Å². The van der Waals surface area contributed by atoms with Gasteiger partial charge in [-0.25, -0.2) is 4.98 Å². The number of hydrogen-bond donors (Lipinski definition) is 3. The zero-order chi connectivity index (χ0) is 23.4. The molecule has 170 valence electrons. The fraction of sp³-hybridized carbons (Fsp3) is 0.280. The van der Waals surface area contributed by atoms with Crippen LogP contribution in [0.25, 0.3) is 5.78 Å². The Morgan fingerprint density at radius 2 is 1.82 bits per heavy atom. The Hall–Kier alpha value is -3.94. The molecule has 3 N–H and O–H groups in total. The third kappa shape index (κ3) is 5.11. The van der Waals surface area contributed by atoms with E-state index in [2.05, 4.69) is 25.7 Å². The first-order valence-electron chi connectivity index (χ1n) is 11.1. The molecule has 0 bridgehead atoms. The molecule has 4 rings (SSSR count). The number of anilines is 2. The molecule has 0 radical (unpaired) electrons. The molecule has 0 saturated heterocycles. The summed E-state index contributed by atoms with van der Waals surface area (Å²) in [4.78, 5) is 34.4. The average molecular weight is 445 g/mol. The van der Waals surface area contributed by atoms with Gasteiger partial charge in [0.05, 0.1) is 5.69 Å². The van der Waals surface area contributed by atoms with Crippen molar-refractivity contribution in [3.05, 3.63) is 86.8 Å². The molecule has 0 fully saturated rings. The SMILES string of the molecule is CCc1ccccc1NC(=O)CCc1c(C)nc2nc(NCc3ccc(C)cc3)[nH]n2c1=O. The van der Waals surface area contributed by atoms with Gasteiger partial charge in [-0.15, -0.1) is 0 Å². The fourth-order valence-electron chi connectivity index (χ4n) is 3.72. The van der Waals surface area contributed by atoms with E-state index in [4.69, 9.17) is 0 Å². The van der Waals surface area contributed by atoms with Gasteiger partial charge in [0.25, 0.3) is 11.3 Å². The van der Waals surface area contributed by atoms with Crippen LogP contribution in [0.15, 0.2) is 53.3 Å². The second-order valence-electron chi connectivity index (χ2n) is 8.09. The quantitative estimate of drug-likeness (QED) is 0.384. The largest absolute Gasteiger partial charge is 0.351 e. The van der Waals surface area contributed by atoms with Crippen molar-refractivity contribution in [2.75, 3.05) is 10.6 Å². The highest BCUT2D eigenvalue weighted by atomic mass is 16.1. The molecular formula is C25H28N6O2. The summed E-state index contributed by atoms with van der Waals surface area (Å²) in [6, 6.07) is 15.9. The first-order valence-corrected chi connectivity index (χ1v) is 11.1. The lowest BCUT2D eigenvalue weighted by Gasteiger charge is -2.10. The monoisotopic (exact) mass is 444 g/mol. The minimum absolute atomic E-state index is 0.134. The summed E-state index contributed by atoms with van der Waals surface area (Å²) in [7, 11) is 0. The summed E-state index contributed by atoms with van der Waals surface area (Å²) in [6.45, 7) is 6.43. The molecule has 0 unspecified atom stereocenters. The first-order chi connectivity index (χ1) is 15.9. The van der Waals surface area contributed by atoms with E-state index >= 15 is 0 Å². The number of aromatic nitrogens is 4. The maximum atomic E-state index is 13.0. The lowest BCUT2D eigenvalue weighted by Crippen LogP contribution is -2.23. The maximum absolute atomic E-state index is 13.0. The predicted octanol–water partition coefficient (Wildman–Crippen LogP) is 3.78. The molecule has 2 heterocycles. The van der Waals surface area contributed by atoms with Crippen molar-refractivity contribution in [1.82, 2.24) is 19.6 Å². The third-order valence-electron chi connectivity index (χ3n) is 5.65. The number of aromatic amines is 1. The zero-order valence-corrected chi connectivity index (χ0v) is 19.1. The van der Waals surface area contributed by atoms with Crippen molar-refractivity contribution in [1.29, 1.82) is 0 Å². The van der Waals surface area contributed by atoms with E-state index in [0.717, 1.165) is 23.2 Å². The Balaban J connectivity index is 1.46. The zero-order valence-electron chi connectivity index (χ0n) is 19.1. The lowest BCUT2D eigenvalue weighted by molar-refractivity contribution is -0.116. The van der Waals surface area contributed by atoms with Gasteiger partial charge in [-0.1, -0.05) is 55.0 Å². The molecule has 8 heteroatoms. The number of amides is 1. The molecule has 0 aliphatic heterocycles. The normalized spacial score (nSPS) is 11.0. The highest BCUT2D eigenvalue weighted by molar-refractivity contribution is 5.91. The molecule has 2 aromatic carbocycles. The van der Waals surface area contributed by atoms with Gasteiger partial charge in [0.2, 0.25) is 11.9 Å². The first kappa shape index (κ1) is 22.3. The number of nitrogens with zero attached hydrogens (tertiary/aromatic N) is 3. The molecule has 1 amide bonds. The second-order valence-corrected chi connectivity index (χ2v) is 8.09. The molecule has 0 spiro atoms. The summed E-state index contributed by atoms with van der Waals surface area (Å²) in [6.07, 6.45) is 1.32. The summed E-state index contributed by atoms with van der Waals surface area (Å²) in [5.41, 5.74) is 5.03. The minimum Gasteiger partial charge on any atom is -0.351 e. The Bertz CT molecular complexity index is 1340. The summed E-state index contributed by atoms with van der Waals surface area (Å²) in [5, 5.41) is 9.12. The van der Waals surface area contributed by atoms with Crippen molar-refractivity contribution < 1.29 is 4.79 Å². The van der Waals surface area contributed by atoms with Gasteiger partial charge in [-0.2, -0.15) is 9.50 Å². The number of para-hydroxylation sites is 1. The van der Waals surface area contributed by atoms with Crippen LogP contribution in [0.3, 0.4) is 0 Å². The topological polar surface area (TPSA) is 104 Å². The number of nitrogens with one attached hydrogen (secondary N) is 3. The fourth-order valence-corrected chi connectivity index (χ4v) is 3.72. The van der Waals surface area contributed by atoms with E-state index < -0.39 is 0 Å². The van der Waals surface area contributed by atoms with Gasteiger partial charge < -0.3 is 10.6 Å². The second kappa shape index (κ2) is 9.68. The molecule has 4 aromatic rings. The Labute approximate surface area is 192 Å². The lowest BCUT2D eigenvalue weighted by atomic mass is 10.1. The van der Waals surface area contributed by atoms with Crippen LogP contribution in [-0.4, -0.2) is 25.5 Å². The average Bonchev–Trinajstić information content (AvgIpc) is 3.22. The standard InChI is InChI=1S/C25H28N6O2/c1-4-19-7-5-6-8-21(19)28-22(32)14-13-20-17(3)27-25-29-24(30-31(25)23(20)33)26-15-18-11-9-16(2)10-12-18/h5-12H,4,13-15H2,1-3H3,(H,28,32)(H2,26,27,29,30). The Morgan fingerprint density at radius 1 is 1.06 bits per heavy atom. The number of carbonyl (C=O) groups is 1. The molecule has 0 saturated carbocycles. The summed E-state index contributed by atoms with van der Waals surface area (Å²) < 4.78 is 1.32. The number of fused-ring (bicyclic) bond motifs is 1. The number of benzene rings is 2. The van der Waals surface area contributed by atoms with Crippen LogP contribution in [0, 0.1) is 13.8 Å². The van der Waals surface area contributed by atoms with Crippen LogP contribution >= 0.6 is 0 Å². The maximum Gasteiger partial charge on any atom is 0.277 e. The van der Waals surface area contributed by atoms with Gasteiger partial charge in [-0.3, -0.25) is 14.7 Å². The highest BCUT2D eigenvalue weighted by Gasteiger charge is 2.15. The number of aryl methyl sites for hydroxylation is 3. The van der Waals surface area contributed by atoms with Crippen molar-refractivity contribution in [3.8, 4) is 0 Å². The van der Waals surface area contributed by atoms with E-state index in [-0.39, 0.29) is 17.9 Å². The number of carbonyl (C=O) groups excluding carboxylic acids is 1. The van der Waals surface area contributed by atoms with E-state index in [0.29, 0.717) is 35.9 Å². The van der Waals surface area contributed by atoms with Gasteiger partial charge >= 0.3 is 0 Å². The van der Waals surface area contributed by atoms with Crippen LogP contribution in [0.2, 0.25) is 0 Å². The Morgan fingerprint density at radius 3 is 2.58 bits per heavy atom.